The van der Waals surface area contributed by atoms with Gasteiger partial charge in [0.15, 0.2) is 9.84 Å². The van der Waals surface area contributed by atoms with Crippen LogP contribution in [0.2, 0.25) is 0 Å². The molecule has 4 heterocycles. The van der Waals surface area contributed by atoms with Crippen LogP contribution in [-0.4, -0.2) is 58.4 Å². The van der Waals surface area contributed by atoms with Gasteiger partial charge in [-0.05, 0) is 19.1 Å². The third-order valence-corrected chi connectivity index (χ3v) is 8.85. The van der Waals surface area contributed by atoms with Crippen LogP contribution in [-0.2, 0) is 16.4 Å². The average Bonchev–Trinajstić information content (AvgIpc) is 3.44. The van der Waals surface area contributed by atoms with Crippen LogP contribution in [0.1, 0.15) is 34.0 Å². The number of sulfone groups is 1. The lowest BCUT2D eigenvalue weighted by atomic mass is 10.1. The third-order valence-electron chi connectivity index (χ3n) is 6.11. The van der Waals surface area contributed by atoms with Crippen molar-refractivity contribution < 1.29 is 22.3 Å². The molecule has 1 amide bonds. The molecule has 2 N–H and O–H groups in total. The van der Waals surface area contributed by atoms with Crippen molar-refractivity contribution in [2.45, 2.75) is 19.6 Å². The first kappa shape index (κ1) is 24.3. The van der Waals surface area contributed by atoms with Crippen LogP contribution in [0.25, 0.3) is 16.0 Å². The number of thiophene rings is 1. The SMILES string of the molecule is CC(Oc1cc(-n2cnc3cc(CN4CCS(=O)(=O)CC4)ncc32)sc1C(N)=O)c1ccccc1F. The van der Waals surface area contributed by atoms with Crippen LogP contribution >= 0.6 is 11.3 Å². The third kappa shape index (κ3) is 4.97. The van der Waals surface area contributed by atoms with Crippen molar-refractivity contribution in [1.82, 2.24) is 19.4 Å². The molecule has 9 nitrogen and oxygen atoms in total. The molecule has 0 saturated carbocycles. The number of primary amides is 1. The molecule has 1 saturated heterocycles. The Balaban J connectivity index is 1.39. The molecule has 12 heteroatoms. The van der Waals surface area contributed by atoms with Crippen LogP contribution in [0, 0.1) is 5.82 Å². The predicted octanol–water partition coefficient (Wildman–Crippen LogP) is 3.09. The number of halogens is 1. The average molecular weight is 530 g/mol. The minimum Gasteiger partial charge on any atom is -0.484 e. The van der Waals surface area contributed by atoms with Crippen molar-refractivity contribution in [3.63, 3.8) is 0 Å². The molecule has 1 aromatic carbocycles. The van der Waals surface area contributed by atoms with Crippen LogP contribution < -0.4 is 10.5 Å². The van der Waals surface area contributed by atoms with E-state index in [4.69, 9.17) is 10.5 Å². The lowest BCUT2D eigenvalue weighted by Crippen LogP contribution is -2.39. The summed E-state index contributed by atoms with van der Waals surface area (Å²) in [6.07, 6.45) is 2.69. The Labute approximate surface area is 211 Å². The highest BCUT2D eigenvalue weighted by molar-refractivity contribution is 7.91. The Morgan fingerprint density at radius 3 is 2.69 bits per heavy atom. The number of nitrogens with two attached hydrogens (primary N) is 1. The van der Waals surface area contributed by atoms with Gasteiger partial charge in [-0.1, -0.05) is 18.2 Å². The van der Waals surface area contributed by atoms with E-state index < -0.39 is 27.7 Å². The summed E-state index contributed by atoms with van der Waals surface area (Å²) >= 11 is 1.15. The predicted molar refractivity (Wildman–Crippen MR) is 135 cm³/mol. The highest BCUT2D eigenvalue weighted by atomic mass is 32.2. The number of hydrogen-bond donors (Lipinski definition) is 1. The second kappa shape index (κ2) is 9.60. The first-order valence-electron chi connectivity index (χ1n) is 11.3. The van der Waals surface area contributed by atoms with Gasteiger partial charge < -0.3 is 10.5 Å². The van der Waals surface area contributed by atoms with Gasteiger partial charge in [0.05, 0.1) is 34.4 Å². The molecule has 1 unspecified atom stereocenters. The normalized spacial score (nSPS) is 16.7. The number of fused-ring (bicyclic) bond motifs is 1. The van der Waals surface area contributed by atoms with Crippen LogP contribution in [0.4, 0.5) is 4.39 Å². The zero-order valence-electron chi connectivity index (χ0n) is 19.4. The highest BCUT2D eigenvalue weighted by Gasteiger charge is 2.23. The quantitative estimate of drug-likeness (QED) is 0.391. The largest absolute Gasteiger partial charge is 0.484 e. The van der Waals surface area contributed by atoms with Crippen molar-refractivity contribution in [1.29, 1.82) is 0 Å². The number of nitrogens with zero attached hydrogens (tertiary/aromatic N) is 4. The summed E-state index contributed by atoms with van der Waals surface area (Å²) in [6, 6.07) is 9.87. The van der Waals surface area contributed by atoms with E-state index in [1.807, 2.05) is 6.07 Å². The van der Waals surface area contributed by atoms with Crippen molar-refractivity contribution in [3.05, 3.63) is 70.9 Å². The van der Waals surface area contributed by atoms with Crippen molar-refractivity contribution >= 4 is 38.1 Å². The number of rotatable bonds is 7. The Bertz CT molecular complexity index is 1540. The molecular weight excluding hydrogens is 505 g/mol. The fraction of sp³-hybridized carbons (Fsp3) is 0.292. The molecule has 36 heavy (non-hydrogen) atoms. The lowest BCUT2D eigenvalue weighted by Gasteiger charge is -2.25. The van der Waals surface area contributed by atoms with Gasteiger partial charge in [-0.15, -0.1) is 11.3 Å². The fourth-order valence-electron chi connectivity index (χ4n) is 4.15. The van der Waals surface area contributed by atoms with Crippen LogP contribution in [0.15, 0.2) is 48.9 Å². The van der Waals surface area contributed by atoms with E-state index >= 15 is 0 Å². The fourth-order valence-corrected chi connectivity index (χ4v) is 6.35. The number of pyridine rings is 1. The van der Waals surface area contributed by atoms with Gasteiger partial charge in [0.2, 0.25) is 0 Å². The van der Waals surface area contributed by atoms with Gasteiger partial charge in [-0.2, -0.15) is 0 Å². The summed E-state index contributed by atoms with van der Waals surface area (Å²) in [5.41, 5.74) is 8.20. The Morgan fingerprint density at radius 2 is 1.97 bits per heavy atom. The monoisotopic (exact) mass is 529 g/mol. The summed E-state index contributed by atoms with van der Waals surface area (Å²) < 4.78 is 45.3. The second-order valence-electron chi connectivity index (χ2n) is 8.63. The van der Waals surface area contributed by atoms with E-state index in [2.05, 4.69) is 14.9 Å². The number of imidazole rings is 1. The van der Waals surface area contributed by atoms with E-state index in [9.17, 15) is 17.6 Å². The molecule has 4 aromatic rings. The summed E-state index contributed by atoms with van der Waals surface area (Å²) in [6.45, 7) is 3.21. The van der Waals surface area contributed by atoms with Gasteiger partial charge in [0, 0.05) is 31.3 Å². The maximum absolute atomic E-state index is 14.2. The molecule has 1 aliphatic heterocycles. The molecule has 5 rings (SSSR count). The summed E-state index contributed by atoms with van der Waals surface area (Å²) in [4.78, 5) is 23.4. The maximum Gasteiger partial charge on any atom is 0.262 e. The smallest absolute Gasteiger partial charge is 0.262 e. The summed E-state index contributed by atoms with van der Waals surface area (Å²) in [5, 5.41) is 0.651. The number of amides is 1. The Morgan fingerprint density at radius 1 is 1.22 bits per heavy atom. The van der Waals surface area contributed by atoms with Crippen molar-refractivity contribution in [2.24, 2.45) is 5.73 Å². The van der Waals surface area contributed by atoms with Gasteiger partial charge in [-0.3, -0.25) is 19.2 Å². The molecule has 1 atom stereocenters. The molecule has 0 aliphatic carbocycles. The van der Waals surface area contributed by atoms with Crippen LogP contribution in [0.5, 0.6) is 5.75 Å². The summed E-state index contributed by atoms with van der Waals surface area (Å²) in [7, 11) is -2.94. The molecule has 3 aromatic heterocycles. The molecule has 0 bridgehead atoms. The second-order valence-corrected chi connectivity index (χ2v) is 12.0. The standard InChI is InChI=1S/C24H24FN5O4S2/c1-15(17-4-2-3-5-18(17)25)34-21-11-22(35-23(21)24(26)31)30-14-28-19-10-16(27-12-20(19)30)13-29-6-8-36(32,33)9-7-29/h2-5,10-12,14-15H,6-9,13H2,1H3,(H2,26,31). The highest BCUT2D eigenvalue weighted by Crippen LogP contribution is 2.36. The molecule has 0 radical (unpaired) electrons. The zero-order valence-corrected chi connectivity index (χ0v) is 21.1. The Hall–Kier alpha value is -3.35. The summed E-state index contributed by atoms with van der Waals surface area (Å²) in [5.74, 6) is -0.454. The first-order valence-corrected chi connectivity index (χ1v) is 13.9. The van der Waals surface area contributed by atoms with E-state index in [0.29, 0.717) is 35.7 Å². The van der Waals surface area contributed by atoms with Crippen molar-refractivity contribution in [3.8, 4) is 10.8 Å². The number of carbonyl (C=O) groups excluding carboxylic acids is 1. The van der Waals surface area contributed by atoms with E-state index in [1.165, 1.54) is 6.07 Å². The first-order chi connectivity index (χ1) is 17.2. The number of ether oxygens (including phenoxy) is 1. The molecule has 0 spiro atoms. The number of carbonyl (C=O) groups is 1. The van der Waals surface area contributed by atoms with E-state index in [0.717, 1.165) is 22.5 Å². The van der Waals surface area contributed by atoms with Gasteiger partial charge in [0.25, 0.3) is 5.91 Å². The van der Waals surface area contributed by atoms with Crippen molar-refractivity contribution in [2.75, 3.05) is 24.6 Å². The maximum atomic E-state index is 14.2. The molecule has 188 valence electrons. The van der Waals surface area contributed by atoms with Crippen LogP contribution in [0.3, 0.4) is 0 Å². The number of aromatic nitrogens is 3. The molecular formula is C24H24FN5O4S2. The number of benzene rings is 1. The molecule has 1 aliphatic rings. The lowest BCUT2D eigenvalue weighted by molar-refractivity contribution is 0.0998. The topological polar surface area (TPSA) is 120 Å². The zero-order chi connectivity index (χ0) is 25.4. The Kier molecular flexibility index (Phi) is 6.49. The van der Waals surface area contributed by atoms with Gasteiger partial charge in [0.1, 0.15) is 33.9 Å². The minimum absolute atomic E-state index is 0.157. The van der Waals surface area contributed by atoms with E-state index in [1.54, 1.807) is 48.3 Å². The number of hydrogen-bond acceptors (Lipinski definition) is 8. The van der Waals surface area contributed by atoms with E-state index in [-0.39, 0.29) is 22.1 Å². The minimum atomic E-state index is -2.94. The van der Waals surface area contributed by atoms with Gasteiger partial charge >= 0.3 is 0 Å². The molecule has 1 fully saturated rings. The van der Waals surface area contributed by atoms with Gasteiger partial charge in [-0.25, -0.2) is 17.8 Å².